The maximum absolute atomic E-state index is 8.85. The number of rotatable bonds is 3. The molecule has 0 atom stereocenters. The van der Waals surface area contributed by atoms with Crippen LogP contribution in [0.1, 0.15) is 11.1 Å². The lowest BCUT2D eigenvalue weighted by atomic mass is 10.0. The molecule has 3 nitrogen and oxygen atoms in total. The molecule has 0 aliphatic heterocycles. The molecule has 0 amide bonds. The highest BCUT2D eigenvalue weighted by molar-refractivity contribution is 6.12. The molecule has 2 aromatic carbocycles. The third-order valence-corrected chi connectivity index (χ3v) is 2.49. The number of benzene rings is 2. The monoisotopic (exact) mass is 235 g/mol. The Morgan fingerprint density at radius 1 is 0.944 bits per heavy atom. The van der Waals surface area contributed by atoms with Crippen molar-refractivity contribution < 1.29 is 0 Å². The van der Waals surface area contributed by atoms with Crippen molar-refractivity contribution in [1.82, 2.24) is 5.01 Å². The lowest BCUT2D eigenvalue weighted by molar-refractivity contribution is 0.511. The van der Waals surface area contributed by atoms with E-state index in [1.807, 2.05) is 66.9 Å². The quantitative estimate of drug-likeness (QED) is 0.355. The molecule has 0 spiro atoms. The van der Waals surface area contributed by atoms with Crippen LogP contribution >= 0.6 is 0 Å². The Bertz CT molecular complexity index is 526. The van der Waals surface area contributed by atoms with Gasteiger partial charge in [-0.1, -0.05) is 60.7 Å². The molecule has 0 saturated heterocycles. The largest absolute Gasteiger partial charge is 0.203 e. The van der Waals surface area contributed by atoms with Crippen LogP contribution in [0.25, 0.3) is 0 Å². The molecule has 0 aliphatic rings. The second-order valence-electron chi connectivity index (χ2n) is 3.80. The Morgan fingerprint density at radius 3 is 1.78 bits per heavy atom. The molecule has 0 radical (unpaired) electrons. The van der Waals surface area contributed by atoms with Crippen LogP contribution in [0.5, 0.6) is 0 Å². The van der Waals surface area contributed by atoms with E-state index in [1.54, 1.807) is 7.05 Å². The second kappa shape index (κ2) is 5.65. The van der Waals surface area contributed by atoms with Crippen molar-refractivity contribution in [3.8, 4) is 6.19 Å². The van der Waals surface area contributed by atoms with Gasteiger partial charge in [0.2, 0.25) is 6.19 Å². The molecule has 0 heterocycles. The predicted octanol–water partition coefficient (Wildman–Crippen LogP) is 2.85. The van der Waals surface area contributed by atoms with Crippen LogP contribution in [0.15, 0.2) is 65.8 Å². The van der Waals surface area contributed by atoms with Crippen LogP contribution in [0.2, 0.25) is 0 Å². The zero-order chi connectivity index (χ0) is 12.8. The molecule has 0 saturated carbocycles. The minimum atomic E-state index is 0.792. The van der Waals surface area contributed by atoms with Gasteiger partial charge < -0.3 is 0 Å². The number of hydrogen-bond acceptors (Lipinski definition) is 3. The standard InChI is InChI=1S/C15H13N3/c1-18(12-16)17-15(13-8-4-2-5-9-13)14-10-6-3-7-11-14/h2-11H,1H3. The fourth-order valence-electron chi connectivity index (χ4n) is 1.65. The third-order valence-electron chi connectivity index (χ3n) is 2.49. The summed E-state index contributed by atoms with van der Waals surface area (Å²) >= 11 is 0. The molecule has 2 rings (SSSR count). The molecule has 0 bridgehead atoms. The first-order chi connectivity index (χ1) is 8.81. The lowest BCUT2D eigenvalue weighted by Crippen LogP contribution is -2.11. The predicted molar refractivity (Wildman–Crippen MR) is 71.9 cm³/mol. The van der Waals surface area contributed by atoms with Crippen LogP contribution < -0.4 is 0 Å². The number of hydrazone groups is 1. The van der Waals surface area contributed by atoms with E-state index < -0.39 is 0 Å². The average Bonchev–Trinajstić information content (AvgIpc) is 2.46. The van der Waals surface area contributed by atoms with Gasteiger partial charge >= 0.3 is 0 Å². The molecular weight excluding hydrogens is 222 g/mol. The highest BCUT2D eigenvalue weighted by atomic mass is 15.4. The summed E-state index contributed by atoms with van der Waals surface area (Å²) < 4.78 is 0. The molecule has 0 N–H and O–H groups in total. The van der Waals surface area contributed by atoms with E-state index in [9.17, 15) is 0 Å². The summed E-state index contributed by atoms with van der Waals surface area (Å²) in [6.07, 6.45) is 1.98. The highest BCUT2D eigenvalue weighted by Crippen LogP contribution is 2.11. The van der Waals surface area contributed by atoms with E-state index in [1.165, 1.54) is 5.01 Å². The topological polar surface area (TPSA) is 39.4 Å². The zero-order valence-electron chi connectivity index (χ0n) is 10.1. The van der Waals surface area contributed by atoms with Crippen molar-refractivity contribution in [2.24, 2.45) is 5.10 Å². The first-order valence-corrected chi connectivity index (χ1v) is 5.64. The molecule has 0 aliphatic carbocycles. The van der Waals surface area contributed by atoms with Gasteiger partial charge in [-0.3, -0.25) is 0 Å². The Kier molecular flexibility index (Phi) is 3.72. The fourth-order valence-corrected chi connectivity index (χ4v) is 1.65. The summed E-state index contributed by atoms with van der Waals surface area (Å²) in [5.41, 5.74) is 2.77. The summed E-state index contributed by atoms with van der Waals surface area (Å²) in [5, 5.41) is 14.4. The third kappa shape index (κ3) is 2.74. The molecule has 2 aromatic rings. The van der Waals surface area contributed by atoms with Crippen LogP contribution in [-0.4, -0.2) is 17.8 Å². The van der Waals surface area contributed by atoms with Crippen LogP contribution in [0, 0.1) is 11.5 Å². The maximum atomic E-state index is 8.85. The Balaban J connectivity index is 2.50. The highest BCUT2D eigenvalue weighted by Gasteiger charge is 2.07. The Hall–Kier alpha value is -2.60. The van der Waals surface area contributed by atoms with Crippen molar-refractivity contribution in [2.45, 2.75) is 0 Å². The minimum Gasteiger partial charge on any atom is -0.203 e. The van der Waals surface area contributed by atoms with Crippen LogP contribution in [-0.2, 0) is 0 Å². The summed E-state index contributed by atoms with van der Waals surface area (Å²) in [6.45, 7) is 0. The summed E-state index contributed by atoms with van der Waals surface area (Å²) in [4.78, 5) is 0. The summed E-state index contributed by atoms with van der Waals surface area (Å²) in [5.74, 6) is 0. The molecule has 0 fully saturated rings. The first kappa shape index (κ1) is 11.9. The first-order valence-electron chi connectivity index (χ1n) is 5.64. The smallest absolute Gasteiger partial charge is 0.201 e. The van der Waals surface area contributed by atoms with Crippen molar-refractivity contribution >= 4 is 5.71 Å². The van der Waals surface area contributed by atoms with Gasteiger partial charge in [0.1, 0.15) is 0 Å². The van der Waals surface area contributed by atoms with Gasteiger partial charge in [-0.05, 0) is 0 Å². The van der Waals surface area contributed by atoms with Gasteiger partial charge in [0.05, 0.1) is 5.71 Å². The van der Waals surface area contributed by atoms with Crippen molar-refractivity contribution in [3.05, 3.63) is 71.8 Å². The van der Waals surface area contributed by atoms with E-state index in [-0.39, 0.29) is 0 Å². The minimum absolute atomic E-state index is 0.792. The normalized spacial score (nSPS) is 9.33. The zero-order valence-corrected chi connectivity index (χ0v) is 10.1. The van der Waals surface area contributed by atoms with E-state index in [4.69, 9.17) is 5.26 Å². The van der Waals surface area contributed by atoms with Gasteiger partial charge in [-0.25, -0.2) is 5.01 Å². The average molecular weight is 235 g/mol. The Morgan fingerprint density at radius 2 is 1.39 bits per heavy atom. The van der Waals surface area contributed by atoms with Crippen molar-refractivity contribution in [3.63, 3.8) is 0 Å². The SMILES string of the molecule is CN(C#N)N=C(c1ccccc1)c1ccccc1. The van der Waals surface area contributed by atoms with Gasteiger partial charge in [0.25, 0.3) is 0 Å². The molecule has 0 unspecified atom stereocenters. The molecule has 88 valence electrons. The molecule has 3 heteroatoms. The van der Waals surface area contributed by atoms with E-state index in [0.29, 0.717) is 0 Å². The fraction of sp³-hybridized carbons (Fsp3) is 0.0667. The van der Waals surface area contributed by atoms with Gasteiger partial charge in [0.15, 0.2) is 0 Å². The second-order valence-corrected chi connectivity index (χ2v) is 3.80. The van der Waals surface area contributed by atoms with Crippen molar-refractivity contribution in [1.29, 1.82) is 5.26 Å². The number of nitriles is 1. The Labute approximate surface area is 107 Å². The van der Waals surface area contributed by atoms with Gasteiger partial charge in [0, 0.05) is 18.2 Å². The number of nitrogens with zero attached hydrogens (tertiary/aromatic N) is 3. The summed E-state index contributed by atoms with van der Waals surface area (Å²) in [6, 6.07) is 19.7. The summed E-state index contributed by atoms with van der Waals surface area (Å²) in [7, 11) is 1.63. The molecule has 0 aromatic heterocycles. The van der Waals surface area contributed by atoms with Gasteiger partial charge in [-0.15, -0.1) is 0 Å². The molecular formula is C15H13N3. The lowest BCUT2D eigenvalue weighted by Gasteiger charge is -2.09. The van der Waals surface area contributed by atoms with Crippen LogP contribution in [0.3, 0.4) is 0 Å². The molecule has 18 heavy (non-hydrogen) atoms. The van der Waals surface area contributed by atoms with E-state index in [2.05, 4.69) is 5.10 Å². The van der Waals surface area contributed by atoms with E-state index in [0.717, 1.165) is 16.8 Å². The van der Waals surface area contributed by atoms with E-state index >= 15 is 0 Å². The van der Waals surface area contributed by atoms with Crippen molar-refractivity contribution in [2.75, 3.05) is 7.05 Å². The van der Waals surface area contributed by atoms with Gasteiger partial charge in [-0.2, -0.15) is 10.4 Å². The number of hydrogen-bond donors (Lipinski definition) is 0. The maximum Gasteiger partial charge on any atom is 0.201 e. The van der Waals surface area contributed by atoms with Crippen LogP contribution in [0.4, 0.5) is 0 Å².